The summed E-state index contributed by atoms with van der Waals surface area (Å²) in [4.78, 5) is 27.2. The summed E-state index contributed by atoms with van der Waals surface area (Å²) in [6.07, 6.45) is 0. The molecule has 2 aliphatic rings. The van der Waals surface area contributed by atoms with Crippen LogP contribution in [-0.2, 0) is 14.3 Å². The van der Waals surface area contributed by atoms with E-state index in [9.17, 15) is 14.7 Å². The Morgan fingerprint density at radius 3 is 1.74 bits per heavy atom. The van der Waals surface area contributed by atoms with Gasteiger partial charge in [0.25, 0.3) is 0 Å². The van der Waals surface area contributed by atoms with Gasteiger partial charge in [0.1, 0.15) is 0 Å². The zero-order valence-electron chi connectivity index (χ0n) is 15.0. The van der Waals surface area contributed by atoms with Crippen molar-refractivity contribution >= 4 is 11.9 Å². The van der Waals surface area contributed by atoms with Crippen LogP contribution in [0.15, 0.2) is 60.7 Å². The molecule has 1 amide bonds. The van der Waals surface area contributed by atoms with Crippen molar-refractivity contribution < 1.29 is 19.4 Å². The maximum Gasteiger partial charge on any atom is 0.227 e. The van der Waals surface area contributed by atoms with E-state index in [2.05, 4.69) is 0 Å². The van der Waals surface area contributed by atoms with Gasteiger partial charge in [-0.15, -0.1) is 0 Å². The lowest BCUT2D eigenvalue weighted by atomic mass is 9.52. The third-order valence-corrected chi connectivity index (χ3v) is 5.80. The highest BCUT2D eigenvalue weighted by Crippen LogP contribution is 2.57. The number of carboxylic acids is 1. The molecule has 2 fully saturated rings. The normalized spacial score (nSPS) is 27.6. The highest BCUT2D eigenvalue weighted by Gasteiger charge is 2.56. The second-order valence-corrected chi connectivity index (χ2v) is 7.18. The van der Waals surface area contributed by atoms with Gasteiger partial charge in [0, 0.05) is 36.8 Å². The van der Waals surface area contributed by atoms with Crippen molar-refractivity contribution in [2.24, 2.45) is 11.8 Å². The summed E-state index contributed by atoms with van der Waals surface area (Å²) in [5.41, 5.74) is 1.76. The molecular formula is C22H22NO4-. The van der Waals surface area contributed by atoms with Crippen molar-refractivity contribution in [2.75, 3.05) is 26.3 Å². The molecule has 27 heavy (non-hydrogen) atoms. The molecule has 1 aliphatic carbocycles. The lowest BCUT2D eigenvalue weighted by Gasteiger charge is -2.53. The molecule has 2 aromatic rings. The first-order valence-corrected chi connectivity index (χ1v) is 9.36. The molecule has 0 unspecified atom stereocenters. The van der Waals surface area contributed by atoms with Gasteiger partial charge < -0.3 is 19.5 Å². The molecule has 140 valence electrons. The molecule has 5 heteroatoms. The van der Waals surface area contributed by atoms with Crippen LogP contribution in [0, 0.1) is 11.8 Å². The number of carbonyl (C=O) groups is 2. The van der Waals surface area contributed by atoms with Crippen LogP contribution in [0.2, 0.25) is 0 Å². The summed E-state index contributed by atoms with van der Waals surface area (Å²) in [6.45, 7) is 2.14. The zero-order chi connectivity index (χ0) is 18.8. The maximum atomic E-state index is 13.4. The number of nitrogens with zero attached hydrogens (tertiary/aromatic N) is 1. The second-order valence-electron chi connectivity index (χ2n) is 7.18. The Kier molecular flexibility index (Phi) is 4.94. The van der Waals surface area contributed by atoms with Gasteiger partial charge in [-0.1, -0.05) is 60.7 Å². The van der Waals surface area contributed by atoms with Gasteiger partial charge in [0.2, 0.25) is 5.91 Å². The number of benzene rings is 2. The fraction of sp³-hybridized carbons (Fsp3) is 0.364. The monoisotopic (exact) mass is 364 g/mol. The Balaban J connectivity index is 1.73. The average molecular weight is 364 g/mol. The molecular weight excluding hydrogens is 342 g/mol. The number of ether oxygens (including phenoxy) is 1. The summed E-state index contributed by atoms with van der Waals surface area (Å²) >= 11 is 0. The van der Waals surface area contributed by atoms with Gasteiger partial charge >= 0.3 is 0 Å². The molecule has 1 saturated carbocycles. The molecule has 0 N–H and O–H groups in total. The highest BCUT2D eigenvalue weighted by atomic mass is 16.5. The lowest BCUT2D eigenvalue weighted by molar-refractivity contribution is -0.317. The fourth-order valence-electron chi connectivity index (χ4n) is 4.52. The molecule has 1 heterocycles. The molecule has 1 saturated heterocycles. The van der Waals surface area contributed by atoms with E-state index in [0.29, 0.717) is 26.3 Å². The summed E-state index contributed by atoms with van der Waals surface area (Å²) in [6, 6.07) is 18.9. The Morgan fingerprint density at radius 1 is 0.815 bits per heavy atom. The van der Waals surface area contributed by atoms with Gasteiger partial charge in [0.15, 0.2) is 0 Å². The lowest BCUT2D eigenvalue weighted by Crippen LogP contribution is -2.58. The summed E-state index contributed by atoms with van der Waals surface area (Å²) in [7, 11) is 0. The van der Waals surface area contributed by atoms with E-state index in [-0.39, 0.29) is 17.7 Å². The number of aliphatic carboxylic acids is 1. The zero-order valence-corrected chi connectivity index (χ0v) is 15.0. The number of amides is 1. The van der Waals surface area contributed by atoms with E-state index < -0.39 is 17.8 Å². The van der Waals surface area contributed by atoms with Crippen molar-refractivity contribution in [1.82, 2.24) is 4.90 Å². The number of morpholine rings is 1. The first kappa shape index (κ1) is 17.7. The second kappa shape index (κ2) is 7.53. The summed E-state index contributed by atoms with van der Waals surface area (Å²) in [5.74, 6) is -2.96. The Hall–Kier alpha value is -2.66. The van der Waals surface area contributed by atoms with Gasteiger partial charge in [-0.05, 0) is 11.1 Å². The standard InChI is InChI=1S/C22H23NO4/c24-21(23-11-13-27-14-12-23)19-17(15-7-3-1-4-8-15)20(22(25)26)18(19)16-9-5-2-6-10-16/h1-10,17-20H,11-14H2,(H,25,26)/p-1/t17-,18-,19?,20?/m1/s1. The smallest absolute Gasteiger partial charge is 0.227 e. The van der Waals surface area contributed by atoms with Gasteiger partial charge in [-0.3, -0.25) is 4.79 Å². The third kappa shape index (κ3) is 3.23. The predicted molar refractivity (Wildman–Crippen MR) is 97.8 cm³/mol. The number of rotatable bonds is 4. The van der Waals surface area contributed by atoms with Crippen molar-refractivity contribution in [3.05, 3.63) is 71.8 Å². The Morgan fingerprint density at radius 2 is 1.30 bits per heavy atom. The molecule has 0 spiro atoms. The molecule has 2 aromatic carbocycles. The predicted octanol–water partition coefficient (Wildman–Crippen LogP) is 1.41. The van der Waals surface area contributed by atoms with E-state index in [4.69, 9.17) is 4.74 Å². The first-order chi connectivity index (χ1) is 13.2. The summed E-state index contributed by atoms with van der Waals surface area (Å²) < 4.78 is 5.37. The first-order valence-electron chi connectivity index (χ1n) is 9.36. The minimum atomic E-state index is -1.09. The van der Waals surface area contributed by atoms with Crippen LogP contribution < -0.4 is 5.11 Å². The molecule has 4 rings (SSSR count). The van der Waals surface area contributed by atoms with Crippen molar-refractivity contribution in [3.63, 3.8) is 0 Å². The quantitative estimate of drug-likeness (QED) is 0.823. The van der Waals surface area contributed by atoms with Crippen molar-refractivity contribution in [2.45, 2.75) is 11.8 Å². The van der Waals surface area contributed by atoms with Crippen molar-refractivity contribution in [1.29, 1.82) is 0 Å². The van der Waals surface area contributed by atoms with E-state index in [1.165, 1.54) is 0 Å². The fourth-order valence-corrected chi connectivity index (χ4v) is 4.52. The minimum absolute atomic E-state index is 0.0125. The van der Waals surface area contributed by atoms with Crippen LogP contribution in [0.3, 0.4) is 0 Å². The van der Waals surface area contributed by atoms with Gasteiger partial charge in [-0.2, -0.15) is 0 Å². The molecule has 0 aromatic heterocycles. The van der Waals surface area contributed by atoms with Crippen molar-refractivity contribution in [3.8, 4) is 0 Å². The largest absolute Gasteiger partial charge is 0.550 e. The van der Waals surface area contributed by atoms with Gasteiger partial charge in [-0.25, -0.2) is 0 Å². The Bertz CT molecular complexity index is 754. The number of carboxylic acid groups (broad SMARTS) is 1. The SMILES string of the molecule is O=C([O-])C1[C@H](c2ccccc2)C(C(=O)N2CCOCC2)[C@H]1c1ccccc1. The number of hydrogen-bond acceptors (Lipinski definition) is 4. The van der Waals surface area contributed by atoms with E-state index in [0.717, 1.165) is 11.1 Å². The number of carbonyl (C=O) groups excluding carboxylic acids is 2. The van der Waals surface area contributed by atoms with E-state index in [1.807, 2.05) is 65.6 Å². The Labute approximate surface area is 158 Å². The van der Waals surface area contributed by atoms with Gasteiger partial charge in [0.05, 0.1) is 19.1 Å². The minimum Gasteiger partial charge on any atom is -0.550 e. The highest BCUT2D eigenvalue weighted by molar-refractivity contribution is 5.87. The molecule has 2 atom stereocenters. The van der Waals surface area contributed by atoms with Crippen LogP contribution in [-0.4, -0.2) is 43.1 Å². The number of hydrogen-bond donors (Lipinski definition) is 0. The van der Waals surface area contributed by atoms with Crippen LogP contribution in [0.1, 0.15) is 23.0 Å². The third-order valence-electron chi connectivity index (χ3n) is 5.80. The van der Waals surface area contributed by atoms with E-state index >= 15 is 0 Å². The molecule has 0 radical (unpaired) electrons. The molecule has 1 aliphatic heterocycles. The molecule has 0 bridgehead atoms. The molecule has 5 nitrogen and oxygen atoms in total. The van der Waals surface area contributed by atoms with Crippen LogP contribution in [0.25, 0.3) is 0 Å². The van der Waals surface area contributed by atoms with Crippen LogP contribution >= 0.6 is 0 Å². The summed E-state index contributed by atoms with van der Waals surface area (Å²) in [5, 5.41) is 12.0. The maximum absolute atomic E-state index is 13.4. The topological polar surface area (TPSA) is 69.7 Å². The average Bonchev–Trinajstić information content (AvgIpc) is 2.69. The van der Waals surface area contributed by atoms with E-state index in [1.54, 1.807) is 0 Å². The van der Waals surface area contributed by atoms with Crippen LogP contribution in [0.4, 0.5) is 0 Å². The van der Waals surface area contributed by atoms with Crippen LogP contribution in [0.5, 0.6) is 0 Å².